The van der Waals surface area contributed by atoms with Crippen molar-refractivity contribution in [1.29, 1.82) is 0 Å². The highest BCUT2D eigenvalue weighted by molar-refractivity contribution is 7.99. The number of halogens is 3. The molecule has 37 heavy (non-hydrogen) atoms. The van der Waals surface area contributed by atoms with Gasteiger partial charge >= 0.3 is 12.1 Å². The average molecular weight is 552 g/mol. The number of rotatable bonds is 8. The smallest absolute Gasteiger partial charge is 0.422 e. The minimum Gasteiger partial charge on any atom is -0.484 e. The van der Waals surface area contributed by atoms with Crippen molar-refractivity contribution in [1.82, 2.24) is 13.9 Å². The fraction of sp³-hybridized carbons (Fsp3) is 0.208. The van der Waals surface area contributed by atoms with Crippen molar-refractivity contribution in [3.63, 3.8) is 0 Å². The zero-order valence-corrected chi connectivity index (χ0v) is 21.1. The SMILES string of the molecule is Cc1ccc(C(=O)O)cc1S(=O)(=O)n1c(SCc2nccc(OCC(F)(F)F)c2C)nc2ccccc21. The highest BCUT2D eigenvalue weighted by atomic mass is 32.2. The summed E-state index contributed by atoms with van der Waals surface area (Å²) < 4.78 is 71.3. The average Bonchev–Trinajstić information content (AvgIpc) is 3.21. The number of para-hydroxylation sites is 2. The number of benzene rings is 2. The molecule has 0 aliphatic rings. The van der Waals surface area contributed by atoms with Gasteiger partial charge in [-0.25, -0.2) is 22.2 Å². The Labute approximate surface area is 214 Å². The number of alkyl halides is 3. The molecule has 0 fully saturated rings. The summed E-state index contributed by atoms with van der Waals surface area (Å²) >= 11 is 1.03. The zero-order valence-electron chi connectivity index (χ0n) is 19.5. The molecule has 0 bridgehead atoms. The Hall–Kier alpha value is -3.58. The van der Waals surface area contributed by atoms with Crippen LogP contribution in [0, 0.1) is 13.8 Å². The molecule has 2 aromatic carbocycles. The summed E-state index contributed by atoms with van der Waals surface area (Å²) in [7, 11) is -4.29. The molecule has 1 N–H and O–H groups in total. The van der Waals surface area contributed by atoms with Gasteiger partial charge in [0.25, 0.3) is 10.0 Å². The van der Waals surface area contributed by atoms with Crippen molar-refractivity contribution >= 4 is 38.8 Å². The number of ether oxygens (including phenoxy) is 1. The number of nitrogens with zero attached hydrogens (tertiary/aromatic N) is 3. The number of hydrogen-bond donors (Lipinski definition) is 1. The Morgan fingerprint density at radius 1 is 1.14 bits per heavy atom. The van der Waals surface area contributed by atoms with E-state index in [4.69, 9.17) is 4.74 Å². The fourth-order valence-electron chi connectivity index (χ4n) is 3.57. The summed E-state index contributed by atoms with van der Waals surface area (Å²) in [5.41, 5.74) is 1.63. The van der Waals surface area contributed by atoms with Crippen LogP contribution >= 0.6 is 11.8 Å². The minimum atomic E-state index is -4.50. The van der Waals surface area contributed by atoms with E-state index in [1.54, 1.807) is 38.1 Å². The number of aryl methyl sites for hydroxylation is 1. The first-order chi connectivity index (χ1) is 17.4. The van der Waals surface area contributed by atoms with Gasteiger partial charge in [-0.2, -0.15) is 13.2 Å². The lowest BCUT2D eigenvalue weighted by Gasteiger charge is -2.14. The molecule has 0 aliphatic heterocycles. The van der Waals surface area contributed by atoms with E-state index in [0.717, 1.165) is 21.8 Å². The van der Waals surface area contributed by atoms with Crippen LogP contribution in [0.25, 0.3) is 11.0 Å². The summed E-state index contributed by atoms with van der Waals surface area (Å²) in [5, 5.41) is 9.45. The highest BCUT2D eigenvalue weighted by Gasteiger charge is 2.29. The molecule has 4 aromatic rings. The van der Waals surface area contributed by atoms with Gasteiger partial charge in [0.15, 0.2) is 11.8 Å². The van der Waals surface area contributed by atoms with Gasteiger partial charge in [0.1, 0.15) is 5.75 Å². The number of aromatic carboxylic acids is 1. The molecular weight excluding hydrogens is 531 g/mol. The first-order valence-electron chi connectivity index (χ1n) is 10.7. The van der Waals surface area contributed by atoms with Crippen LogP contribution in [-0.4, -0.2) is 46.2 Å². The molecule has 194 valence electrons. The molecule has 0 saturated carbocycles. The van der Waals surface area contributed by atoms with E-state index in [0.29, 0.717) is 22.3 Å². The highest BCUT2D eigenvalue weighted by Crippen LogP contribution is 2.33. The maximum absolute atomic E-state index is 13.8. The molecular formula is C24H20F3N3O5S2. The number of hydrogen-bond acceptors (Lipinski definition) is 7. The normalized spacial score (nSPS) is 12.1. The lowest BCUT2D eigenvalue weighted by molar-refractivity contribution is -0.153. The molecule has 0 aliphatic carbocycles. The van der Waals surface area contributed by atoms with Crippen LogP contribution in [0.15, 0.2) is 64.8 Å². The largest absolute Gasteiger partial charge is 0.484 e. The number of fused-ring (bicyclic) bond motifs is 1. The number of carbonyl (C=O) groups is 1. The van der Waals surface area contributed by atoms with E-state index in [2.05, 4.69) is 9.97 Å². The molecule has 2 heterocycles. The second kappa shape index (κ2) is 10.1. The van der Waals surface area contributed by atoms with Gasteiger partial charge in [-0.15, -0.1) is 0 Å². The van der Waals surface area contributed by atoms with Crippen molar-refractivity contribution in [2.75, 3.05) is 6.61 Å². The van der Waals surface area contributed by atoms with Gasteiger partial charge in [-0.05, 0) is 49.7 Å². The van der Waals surface area contributed by atoms with Gasteiger partial charge in [0, 0.05) is 17.5 Å². The van der Waals surface area contributed by atoms with E-state index in [-0.39, 0.29) is 32.6 Å². The van der Waals surface area contributed by atoms with Gasteiger partial charge in [-0.1, -0.05) is 30.0 Å². The van der Waals surface area contributed by atoms with E-state index in [1.165, 1.54) is 24.4 Å². The molecule has 2 aromatic heterocycles. The van der Waals surface area contributed by atoms with Crippen LogP contribution in [0.1, 0.15) is 27.2 Å². The minimum absolute atomic E-state index is 0.0187. The summed E-state index contributed by atoms with van der Waals surface area (Å²) in [6.07, 6.45) is -3.19. The molecule has 0 saturated heterocycles. The third kappa shape index (κ3) is 5.57. The number of aromatic nitrogens is 3. The fourth-order valence-corrected chi connectivity index (χ4v) is 6.56. The van der Waals surface area contributed by atoms with E-state index in [1.807, 2.05) is 0 Å². The monoisotopic (exact) mass is 551 g/mol. The Balaban J connectivity index is 1.74. The number of carboxylic acids is 1. The summed E-state index contributed by atoms with van der Waals surface area (Å²) in [6.45, 7) is 1.67. The number of thioether (sulfide) groups is 1. The Morgan fingerprint density at radius 2 is 1.86 bits per heavy atom. The second-order valence-electron chi connectivity index (χ2n) is 8.01. The van der Waals surface area contributed by atoms with Gasteiger partial charge in [-0.3, -0.25) is 4.98 Å². The second-order valence-corrected chi connectivity index (χ2v) is 10.7. The van der Waals surface area contributed by atoms with Crippen LogP contribution < -0.4 is 4.74 Å². The molecule has 0 unspecified atom stereocenters. The van der Waals surface area contributed by atoms with E-state index < -0.39 is 28.8 Å². The number of imidazole rings is 1. The van der Waals surface area contributed by atoms with Gasteiger partial charge in [0.2, 0.25) is 0 Å². The predicted molar refractivity (Wildman–Crippen MR) is 131 cm³/mol. The van der Waals surface area contributed by atoms with Crippen LogP contribution in [-0.2, 0) is 15.8 Å². The summed E-state index contributed by atoms with van der Waals surface area (Å²) in [6, 6.07) is 11.7. The van der Waals surface area contributed by atoms with Crippen molar-refractivity contribution < 1.29 is 36.2 Å². The summed E-state index contributed by atoms with van der Waals surface area (Å²) in [5.74, 6) is -1.16. The van der Waals surface area contributed by atoms with Crippen LogP contribution in [0.3, 0.4) is 0 Å². The summed E-state index contributed by atoms with van der Waals surface area (Å²) in [4.78, 5) is 20.0. The molecule has 13 heteroatoms. The molecule has 0 amide bonds. The van der Waals surface area contributed by atoms with Crippen molar-refractivity contribution in [3.8, 4) is 5.75 Å². The number of pyridine rings is 1. The standard InChI is InChI=1S/C24H20F3N3O5S2/c1-14-7-8-16(22(31)32)11-21(14)37(33,34)30-19-6-4-3-5-17(19)29-23(30)36-12-18-15(2)20(9-10-28-18)35-13-24(25,26)27/h3-11H,12-13H2,1-2H3,(H,31,32). The molecule has 4 rings (SSSR count). The molecule has 0 radical (unpaired) electrons. The third-order valence-electron chi connectivity index (χ3n) is 5.43. The lowest BCUT2D eigenvalue weighted by Crippen LogP contribution is -2.19. The van der Waals surface area contributed by atoms with Crippen LogP contribution in [0.2, 0.25) is 0 Å². The van der Waals surface area contributed by atoms with Gasteiger partial charge < -0.3 is 9.84 Å². The lowest BCUT2D eigenvalue weighted by atomic mass is 10.1. The first kappa shape index (κ1) is 26.5. The Morgan fingerprint density at radius 3 is 2.57 bits per heavy atom. The van der Waals surface area contributed by atoms with Gasteiger partial charge in [0.05, 0.1) is 27.2 Å². The maximum Gasteiger partial charge on any atom is 0.422 e. The van der Waals surface area contributed by atoms with Crippen LogP contribution in [0.4, 0.5) is 13.2 Å². The van der Waals surface area contributed by atoms with Crippen molar-refractivity contribution in [3.05, 3.63) is 77.1 Å². The topological polar surface area (TPSA) is 111 Å². The third-order valence-corrected chi connectivity index (χ3v) is 8.34. The Bertz CT molecular complexity index is 1600. The first-order valence-corrected chi connectivity index (χ1v) is 13.1. The Kier molecular flexibility index (Phi) is 7.20. The zero-order chi connectivity index (χ0) is 27.0. The molecule has 0 spiro atoms. The van der Waals surface area contributed by atoms with Crippen LogP contribution in [0.5, 0.6) is 5.75 Å². The number of carboxylic acid groups (broad SMARTS) is 1. The van der Waals surface area contributed by atoms with Crippen molar-refractivity contribution in [2.45, 2.75) is 35.8 Å². The van der Waals surface area contributed by atoms with Crippen molar-refractivity contribution in [2.24, 2.45) is 0 Å². The van der Waals surface area contributed by atoms with E-state index in [9.17, 15) is 31.5 Å². The molecule has 0 atom stereocenters. The maximum atomic E-state index is 13.8. The predicted octanol–water partition coefficient (Wildman–Crippen LogP) is 5.22. The molecule has 8 nitrogen and oxygen atoms in total. The van der Waals surface area contributed by atoms with E-state index >= 15 is 0 Å². The quantitative estimate of drug-likeness (QED) is 0.297.